The molecule has 0 fully saturated rings. The van der Waals surface area contributed by atoms with Crippen LogP contribution in [-0.2, 0) is 6.54 Å². The van der Waals surface area contributed by atoms with Gasteiger partial charge in [0, 0.05) is 17.3 Å². The second-order valence-corrected chi connectivity index (χ2v) is 5.13. The third-order valence-corrected chi connectivity index (χ3v) is 3.40. The fourth-order valence-electron chi connectivity index (χ4n) is 1.57. The fraction of sp³-hybridized carbons (Fsp3) is 0.333. The van der Waals surface area contributed by atoms with Crippen LogP contribution in [0.25, 0.3) is 0 Å². The number of hydrogen-bond donors (Lipinski definition) is 1. The van der Waals surface area contributed by atoms with Crippen molar-refractivity contribution in [3.63, 3.8) is 0 Å². The normalized spacial score (nSPS) is 10.4. The van der Waals surface area contributed by atoms with E-state index in [4.69, 9.17) is 0 Å². The Balaban J connectivity index is 2.05. The van der Waals surface area contributed by atoms with E-state index >= 15 is 0 Å². The Morgan fingerprint density at radius 2 is 2.06 bits per heavy atom. The standard InChI is InChI=1S/C12H15N3S/c1-8-4-11(6-13-5-8)14-7-12-9(2)15-10(3)16-12/h4-6,14H,7H2,1-3H3. The topological polar surface area (TPSA) is 37.8 Å². The van der Waals surface area contributed by atoms with Gasteiger partial charge in [0.25, 0.3) is 0 Å². The summed E-state index contributed by atoms with van der Waals surface area (Å²) in [7, 11) is 0. The van der Waals surface area contributed by atoms with E-state index in [1.165, 1.54) is 10.4 Å². The van der Waals surface area contributed by atoms with Crippen molar-refractivity contribution in [2.45, 2.75) is 27.3 Å². The van der Waals surface area contributed by atoms with Crippen LogP contribution in [0.5, 0.6) is 0 Å². The minimum atomic E-state index is 0.822. The molecule has 84 valence electrons. The van der Waals surface area contributed by atoms with Gasteiger partial charge in [-0.1, -0.05) is 0 Å². The highest BCUT2D eigenvalue weighted by atomic mass is 32.1. The Morgan fingerprint density at radius 3 is 2.69 bits per heavy atom. The van der Waals surface area contributed by atoms with Gasteiger partial charge in [0.2, 0.25) is 0 Å². The first-order valence-electron chi connectivity index (χ1n) is 5.23. The highest BCUT2D eigenvalue weighted by molar-refractivity contribution is 7.11. The van der Waals surface area contributed by atoms with Crippen molar-refractivity contribution in [2.24, 2.45) is 0 Å². The molecule has 0 aliphatic rings. The smallest absolute Gasteiger partial charge is 0.0900 e. The van der Waals surface area contributed by atoms with Gasteiger partial charge in [-0.2, -0.15) is 0 Å². The summed E-state index contributed by atoms with van der Waals surface area (Å²) in [6.45, 7) is 6.95. The summed E-state index contributed by atoms with van der Waals surface area (Å²) in [5, 5.41) is 4.49. The van der Waals surface area contributed by atoms with Gasteiger partial charge in [-0.25, -0.2) is 4.98 Å². The Morgan fingerprint density at radius 1 is 1.25 bits per heavy atom. The second kappa shape index (κ2) is 4.61. The van der Waals surface area contributed by atoms with Crippen molar-refractivity contribution in [3.05, 3.63) is 39.6 Å². The van der Waals surface area contributed by atoms with Crippen molar-refractivity contribution in [2.75, 3.05) is 5.32 Å². The van der Waals surface area contributed by atoms with Crippen LogP contribution in [0.1, 0.15) is 21.1 Å². The number of aromatic nitrogens is 2. The van der Waals surface area contributed by atoms with Gasteiger partial charge >= 0.3 is 0 Å². The minimum absolute atomic E-state index is 0.822. The van der Waals surface area contributed by atoms with Gasteiger partial charge in [0.1, 0.15) is 0 Å². The predicted octanol–water partition coefficient (Wildman–Crippen LogP) is 3.08. The van der Waals surface area contributed by atoms with Crippen LogP contribution < -0.4 is 5.32 Å². The first kappa shape index (κ1) is 11.1. The van der Waals surface area contributed by atoms with Crippen LogP contribution in [0.3, 0.4) is 0 Å². The van der Waals surface area contributed by atoms with Crippen molar-refractivity contribution in [3.8, 4) is 0 Å². The highest BCUT2D eigenvalue weighted by Crippen LogP contribution is 2.18. The van der Waals surface area contributed by atoms with E-state index in [1.807, 2.05) is 26.2 Å². The largest absolute Gasteiger partial charge is 0.379 e. The van der Waals surface area contributed by atoms with Crippen molar-refractivity contribution >= 4 is 17.0 Å². The molecule has 0 aromatic carbocycles. The fourth-order valence-corrected chi connectivity index (χ4v) is 2.45. The molecule has 0 spiro atoms. The summed E-state index contributed by atoms with van der Waals surface area (Å²) in [5.74, 6) is 0. The molecular formula is C12H15N3S. The van der Waals surface area contributed by atoms with Crippen LogP contribution in [0.4, 0.5) is 5.69 Å². The van der Waals surface area contributed by atoms with Gasteiger partial charge < -0.3 is 5.32 Å². The van der Waals surface area contributed by atoms with E-state index < -0.39 is 0 Å². The van der Waals surface area contributed by atoms with Crippen LogP contribution >= 0.6 is 11.3 Å². The van der Waals surface area contributed by atoms with E-state index in [9.17, 15) is 0 Å². The summed E-state index contributed by atoms with van der Waals surface area (Å²) in [5.41, 5.74) is 3.35. The van der Waals surface area contributed by atoms with Crippen LogP contribution in [0.2, 0.25) is 0 Å². The number of thiazole rings is 1. The maximum Gasteiger partial charge on any atom is 0.0900 e. The van der Waals surface area contributed by atoms with E-state index in [0.29, 0.717) is 0 Å². The number of aryl methyl sites for hydroxylation is 3. The molecule has 0 aliphatic carbocycles. The van der Waals surface area contributed by atoms with Gasteiger partial charge in [-0.05, 0) is 32.4 Å². The second-order valence-electron chi connectivity index (χ2n) is 3.85. The molecule has 0 unspecified atom stereocenters. The maximum absolute atomic E-state index is 4.40. The van der Waals surface area contributed by atoms with E-state index in [2.05, 4.69) is 28.3 Å². The zero-order valence-corrected chi connectivity index (χ0v) is 10.6. The third kappa shape index (κ3) is 2.58. The zero-order chi connectivity index (χ0) is 11.5. The van der Waals surface area contributed by atoms with E-state index in [-0.39, 0.29) is 0 Å². The molecule has 0 saturated carbocycles. The summed E-state index contributed by atoms with van der Waals surface area (Å²) in [6, 6.07) is 2.09. The van der Waals surface area contributed by atoms with Gasteiger partial charge in [-0.3, -0.25) is 4.98 Å². The van der Waals surface area contributed by atoms with Crippen molar-refractivity contribution < 1.29 is 0 Å². The van der Waals surface area contributed by atoms with E-state index in [1.54, 1.807) is 11.3 Å². The predicted molar refractivity (Wildman–Crippen MR) is 67.9 cm³/mol. The van der Waals surface area contributed by atoms with E-state index in [0.717, 1.165) is 22.9 Å². The number of anilines is 1. The minimum Gasteiger partial charge on any atom is -0.379 e. The van der Waals surface area contributed by atoms with Crippen molar-refractivity contribution in [1.82, 2.24) is 9.97 Å². The molecule has 0 atom stereocenters. The van der Waals surface area contributed by atoms with Gasteiger partial charge in [0.05, 0.1) is 22.9 Å². The first-order chi connectivity index (χ1) is 7.65. The molecule has 0 saturated heterocycles. The maximum atomic E-state index is 4.40. The molecule has 0 bridgehead atoms. The monoisotopic (exact) mass is 233 g/mol. The summed E-state index contributed by atoms with van der Waals surface area (Å²) in [4.78, 5) is 9.84. The third-order valence-electron chi connectivity index (χ3n) is 2.33. The van der Waals surface area contributed by atoms with Crippen LogP contribution in [0.15, 0.2) is 18.5 Å². The van der Waals surface area contributed by atoms with Gasteiger partial charge in [-0.15, -0.1) is 11.3 Å². The van der Waals surface area contributed by atoms with Gasteiger partial charge in [0.15, 0.2) is 0 Å². The molecule has 16 heavy (non-hydrogen) atoms. The molecular weight excluding hydrogens is 218 g/mol. The molecule has 3 nitrogen and oxygen atoms in total. The molecule has 0 aliphatic heterocycles. The quantitative estimate of drug-likeness (QED) is 0.885. The SMILES string of the molecule is Cc1cncc(NCc2sc(C)nc2C)c1. The Bertz CT molecular complexity index is 491. The number of rotatable bonds is 3. The average Bonchev–Trinajstić information content (AvgIpc) is 2.54. The molecule has 2 heterocycles. The summed E-state index contributed by atoms with van der Waals surface area (Å²) in [6.07, 6.45) is 3.70. The van der Waals surface area contributed by atoms with Crippen molar-refractivity contribution in [1.29, 1.82) is 0 Å². The summed E-state index contributed by atoms with van der Waals surface area (Å²) >= 11 is 1.74. The highest BCUT2D eigenvalue weighted by Gasteiger charge is 2.04. The number of nitrogens with zero attached hydrogens (tertiary/aromatic N) is 2. The average molecular weight is 233 g/mol. The molecule has 2 rings (SSSR count). The molecule has 1 N–H and O–H groups in total. The molecule has 2 aromatic heterocycles. The Labute approximate surface area is 99.6 Å². The Hall–Kier alpha value is -1.42. The first-order valence-corrected chi connectivity index (χ1v) is 6.05. The lowest BCUT2D eigenvalue weighted by Crippen LogP contribution is -1.99. The molecule has 0 amide bonds. The molecule has 0 radical (unpaired) electrons. The summed E-state index contributed by atoms with van der Waals surface area (Å²) < 4.78 is 0. The zero-order valence-electron chi connectivity index (χ0n) is 9.74. The molecule has 4 heteroatoms. The lowest BCUT2D eigenvalue weighted by Gasteiger charge is -2.05. The number of hydrogen-bond acceptors (Lipinski definition) is 4. The Kier molecular flexibility index (Phi) is 3.19. The molecule has 2 aromatic rings. The lowest BCUT2D eigenvalue weighted by atomic mass is 10.3. The number of pyridine rings is 1. The van der Waals surface area contributed by atoms with Crippen LogP contribution in [-0.4, -0.2) is 9.97 Å². The lowest BCUT2D eigenvalue weighted by molar-refractivity contribution is 1.10. The van der Waals surface area contributed by atoms with Crippen LogP contribution in [0, 0.1) is 20.8 Å². The number of nitrogens with one attached hydrogen (secondary N) is 1.